The second-order valence-electron chi connectivity index (χ2n) is 6.83. The number of nitrogens with one attached hydrogen (secondary N) is 2. The number of carbonyl (C=O) groups is 2. The number of urea groups is 1. The zero-order valence-corrected chi connectivity index (χ0v) is 14.3. The summed E-state index contributed by atoms with van der Waals surface area (Å²) < 4.78 is 13.6. The van der Waals surface area contributed by atoms with Gasteiger partial charge < -0.3 is 10.6 Å². The van der Waals surface area contributed by atoms with E-state index in [1.165, 1.54) is 12.1 Å². The maximum Gasteiger partial charge on any atom is 0.321 e. The van der Waals surface area contributed by atoms with E-state index in [0.717, 1.165) is 17.7 Å². The summed E-state index contributed by atoms with van der Waals surface area (Å²) >= 11 is 0. The largest absolute Gasteiger partial charge is 0.336 e. The van der Waals surface area contributed by atoms with Crippen LogP contribution in [0.4, 0.5) is 20.6 Å². The SMILES string of the molecule is O=C1NCCN1c1ccc(NC(=O)C2(c3cccc(F)c3)CCC2)cc1. The molecule has 2 aromatic rings. The van der Waals surface area contributed by atoms with Crippen LogP contribution in [0.1, 0.15) is 24.8 Å². The van der Waals surface area contributed by atoms with E-state index < -0.39 is 5.41 Å². The number of nitrogens with zero attached hydrogens (tertiary/aromatic N) is 1. The van der Waals surface area contributed by atoms with E-state index in [1.54, 1.807) is 23.1 Å². The summed E-state index contributed by atoms with van der Waals surface area (Å²) in [4.78, 5) is 26.3. The van der Waals surface area contributed by atoms with Crippen molar-refractivity contribution in [1.82, 2.24) is 5.32 Å². The second kappa shape index (κ2) is 6.44. The van der Waals surface area contributed by atoms with Crippen LogP contribution in [-0.2, 0) is 10.2 Å². The Morgan fingerprint density at radius 1 is 1.15 bits per heavy atom. The molecule has 134 valence electrons. The number of hydrogen-bond acceptors (Lipinski definition) is 2. The van der Waals surface area contributed by atoms with Gasteiger partial charge in [-0.2, -0.15) is 0 Å². The normalized spacial score (nSPS) is 18.2. The zero-order chi connectivity index (χ0) is 18.1. The van der Waals surface area contributed by atoms with Crippen molar-refractivity contribution >= 4 is 23.3 Å². The van der Waals surface area contributed by atoms with Gasteiger partial charge in [-0.25, -0.2) is 9.18 Å². The second-order valence-corrected chi connectivity index (χ2v) is 6.83. The van der Waals surface area contributed by atoms with E-state index in [9.17, 15) is 14.0 Å². The van der Waals surface area contributed by atoms with Crippen LogP contribution >= 0.6 is 0 Å². The van der Waals surface area contributed by atoms with Gasteiger partial charge in [0.15, 0.2) is 0 Å². The number of amides is 3. The highest BCUT2D eigenvalue weighted by molar-refractivity contribution is 6.00. The van der Waals surface area contributed by atoms with Gasteiger partial charge in [0.1, 0.15) is 5.82 Å². The molecule has 6 heteroatoms. The van der Waals surface area contributed by atoms with Crippen LogP contribution in [0.2, 0.25) is 0 Å². The third-order valence-electron chi connectivity index (χ3n) is 5.31. The molecule has 0 radical (unpaired) electrons. The van der Waals surface area contributed by atoms with Gasteiger partial charge in [-0.05, 0) is 54.8 Å². The Morgan fingerprint density at radius 3 is 2.50 bits per heavy atom. The Labute approximate surface area is 151 Å². The molecule has 4 rings (SSSR count). The number of rotatable bonds is 4. The number of benzene rings is 2. The Morgan fingerprint density at radius 2 is 1.92 bits per heavy atom. The van der Waals surface area contributed by atoms with Crippen LogP contribution in [0.25, 0.3) is 0 Å². The van der Waals surface area contributed by atoms with Crippen LogP contribution in [0, 0.1) is 5.82 Å². The third-order valence-corrected chi connectivity index (χ3v) is 5.31. The van der Waals surface area contributed by atoms with Crippen molar-refractivity contribution in [2.75, 3.05) is 23.3 Å². The molecular formula is C20H20FN3O2. The molecule has 1 aliphatic heterocycles. The fourth-order valence-electron chi connectivity index (χ4n) is 3.66. The fourth-order valence-corrected chi connectivity index (χ4v) is 3.66. The van der Waals surface area contributed by atoms with Gasteiger partial charge in [0, 0.05) is 24.5 Å². The quantitative estimate of drug-likeness (QED) is 0.885. The Balaban J connectivity index is 1.51. The summed E-state index contributed by atoms with van der Waals surface area (Å²) in [6.45, 7) is 1.26. The summed E-state index contributed by atoms with van der Waals surface area (Å²) in [7, 11) is 0. The lowest BCUT2D eigenvalue weighted by molar-refractivity contribution is -0.124. The summed E-state index contributed by atoms with van der Waals surface area (Å²) in [6.07, 6.45) is 2.38. The number of halogens is 1. The van der Waals surface area contributed by atoms with Crippen molar-refractivity contribution in [3.05, 3.63) is 59.9 Å². The summed E-state index contributed by atoms with van der Waals surface area (Å²) in [5, 5.41) is 5.71. The molecule has 26 heavy (non-hydrogen) atoms. The first-order valence-corrected chi connectivity index (χ1v) is 8.81. The van der Waals surface area contributed by atoms with Crippen molar-refractivity contribution in [3.63, 3.8) is 0 Å². The van der Waals surface area contributed by atoms with Gasteiger partial charge in [0.05, 0.1) is 5.41 Å². The molecule has 1 saturated heterocycles. The molecule has 2 N–H and O–H groups in total. The molecule has 0 spiro atoms. The van der Waals surface area contributed by atoms with Gasteiger partial charge in [-0.15, -0.1) is 0 Å². The maximum absolute atomic E-state index is 13.6. The first kappa shape index (κ1) is 16.6. The lowest BCUT2D eigenvalue weighted by Crippen LogP contribution is -2.46. The molecule has 5 nitrogen and oxygen atoms in total. The van der Waals surface area contributed by atoms with Crippen LogP contribution in [0.15, 0.2) is 48.5 Å². The number of carbonyl (C=O) groups excluding carboxylic acids is 2. The average molecular weight is 353 g/mol. The highest BCUT2D eigenvalue weighted by Gasteiger charge is 2.45. The minimum absolute atomic E-state index is 0.110. The number of hydrogen-bond donors (Lipinski definition) is 2. The van der Waals surface area contributed by atoms with Gasteiger partial charge >= 0.3 is 6.03 Å². The monoisotopic (exact) mass is 353 g/mol. The van der Waals surface area contributed by atoms with Crippen molar-refractivity contribution in [1.29, 1.82) is 0 Å². The van der Waals surface area contributed by atoms with Gasteiger partial charge in [-0.1, -0.05) is 18.6 Å². The first-order valence-electron chi connectivity index (χ1n) is 8.81. The third kappa shape index (κ3) is 2.81. The van der Waals surface area contributed by atoms with Crippen LogP contribution in [0.3, 0.4) is 0 Å². The highest BCUT2D eigenvalue weighted by Crippen LogP contribution is 2.44. The molecule has 2 fully saturated rings. The van der Waals surface area contributed by atoms with Gasteiger partial charge in [0.2, 0.25) is 5.91 Å². The Hall–Kier alpha value is -2.89. The predicted octanol–water partition coefficient (Wildman–Crippen LogP) is 3.42. The fraction of sp³-hybridized carbons (Fsp3) is 0.300. The van der Waals surface area contributed by atoms with Crippen molar-refractivity contribution < 1.29 is 14.0 Å². The van der Waals surface area contributed by atoms with Crippen molar-refractivity contribution in [2.24, 2.45) is 0 Å². The highest BCUT2D eigenvalue weighted by atomic mass is 19.1. The minimum Gasteiger partial charge on any atom is -0.336 e. The molecule has 0 atom stereocenters. The lowest BCUT2D eigenvalue weighted by atomic mass is 9.63. The molecule has 1 heterocycles. The molecular weight excluding hydrogens is 333 g/mol. The topological polar surface area (TPSA) is 61.4 Å². The Bertz CT molecular complexity index is 846. The van der Waals surface area contributed by atoms with E-state index in [2.05, 4.69) is 10.6 Å². The van der Waals surface area contributed by atoms with E-state index in [4.69, 9.17) is 0 Å². The van der Waals surface area contributed by atoms with E-state index in [0.29, 0.717) is 31.6 Å². The standard InChI is InChI=1S/C20H20FN3O2/c21-15-4-1-3-14(13-15)20(9-2-10-20)18(25)23-16-5-7-17(8-6-16)24-12-11-22-19(24)26/h1,3-8,13H,2,9-12H2,(H,22,26)(H,23,25). The molecule has 3 amide bonds. The smallest absolute Gasteiger partial charge is 0.321 e. The maximum atomic E-state index is 13.6. The van der Waals surface area contributed by atoms with Crippen LogP contribution in [0.5, 0.6) is 0 Å². The molecule has 1 aliphatic carbocycles. The lowest BCUT2D eigenvalue weighted by Gasteiger charge is -2.40. The van der Waals surface area contributed by atoms with E-state index in [1.807, 2.05) is 18.2 Å². The summed E-state index contributed by atoms with van der Waals surface area (Å²) in [6, 6.07) is 13.4. The van der Waals surface area contributed by atoms with Gasteiger partial charge in [-0.3, -0.25) is 9.69 Å². The molecule has 0 aromatic heterocycles. The Kier molecular flexibility index (Phi) is 4.11. The molecule has 0 bridgehead atoms. The van der Waals surface area contributed by atoms with E-state index >= 15 is 0 Å². The summed E-state index contributed by atoms with van der Waals surface area (Å²) in [5.74, 6) is -0.434. The molecule has 2 aromatic carbocycles. The number of anilines is 2. The zero-order valence-electron chi connectivity index (χ0n) is 14.3. The molecule has 0 unspecified atom stereocenters. The van der Waals surface area contributed by atoms with E-state index in [-0.39, 0.29) is 17.8 Å². The van der Waals surface area contributed by atoms with Crippen LogP contribution in [-0.4, -0.2) is 25.0 Å². The van der Waals surface area contributed by atoms with Crippen molar-refractivity contribution in [3.8, 4) is 0 Å². The van der Waals surface area contributed by atoms with Crippen molar-refractivity contribution in [2.45, 2.75) is 24.7 Å². The summed E-state index contributed by atoms with van der Waals surface area (Å²) in [5.41, 5.74) is 1.53. The van der Waals surface area contributed by atoms with Crippen LogP contribution < -0.4 is 15.5 Å². The van der Waals surface area contributed by atoms with Gasteiger partial charge in [0.25, 0.3) is 0 Å². The first-order chi connectivity index (χ1) is 12.6. The molecule has 2 aliphatic rings. The predicted molar refractivity (Wildman–Crippen MR) is 97.7 cm³/mol. The molecule has 1 saturated carbocycles. The average Bonchev–Trinajstić information content (AvgIpc) is 3.01. The minimum atomic E-state index is -0.657.